The normalized spacial score (nSPS) is 37.4. The van der Waals surface area contributed by atoms with Gasteiger partial charge in [0, 0.05) is 18.6 Å². The molecule has 4 nitrogen and oxygen atoms in total. The zero-order valence-electron chi connectivity index (χ0n) is 18.3. The number of fused-ring (bicyclic) bond motifs is 1. The van der Waals surface area contributed by atoms with Gasteiger partial charge in [-0.05, 0) is 69.2 Å². The number of nitrogens with zero attached hydrogens (tertiary/aromatic N) is 2. The van der Waals surface area contributed by atoms with Gasteiger partial charge in [0.1, 0.15) is 5.92 Å². The van der Waals surface area contributed by atoms with E-state index in [0.717, 1.165) is 37.8 Å². The SMILES string of the molecule is CCCC1CCCC2CCN(C(=O)C(C#N)CC3CCC(C)CN3)C(C)C2C1. The number of nitrogens with one attached hydrogen (secondary N) is 1. The highest BCUT2D eigenvalue weighted by Crippen LogP contribution is 2.42. The van der Waals surface area contributed by atoms with E-state index in [4.69, 9.17) is 0 Å². The van der Waals surface area contributed by atoms with Gasteiger partial charge < -0.3 is 10.2 Å². The fraction of sp³-hybridized carbons (Fsp3) is 0.917. The molecule has 3 aliphatic rings. The van der Waals surface area contributed by atoms with Crippen molar-refractivity contribution in [1.82, 2.24) is 10.2 Å². The van der Waals surface area contributed by atoms with E-state index in [0.29, 0.717) is 30.3 Å². The Labute approximate surface area is 172 Å². The van der Waals surface area contributed by atoms with E-state index < -0.39 is 5.92 Å². The Balaban J connectivity index is 1.63. The Kier molecular flexibility index (Phi) is 7.80. The molecule has 28 heavy (non-hydrogen) atoms. The number of rotatable bonds is 5. The van der Waals surface area contributed by atoms with E-state index in [9.17, 15) is 10.1 Å². The monoisotopic (exact) mass is 387 g/mol. The Morgan fingerprint density at radius 3 is 2.71 bits per heavy atom. The molecule has 2 aliphatic heterocycles. The van der Waals surface area contributed by atoms with Crippen molar-refractivity contribution in [2.45, 2.75) is 97.1 Å². The predicted molar refractivity (Wildman–Crippen MR) is 114 cm³/mol. The molecule has 0 spiro atoms. The summed E-state index contributed by atoms with van der Waals surface area (Å²) in [4.78, 5) is 15.4. The van der Waals surface area contributed by atoms with E-state index in [1.54, 1.807) is 0 Å². The number of hydrogen-bond donors (Lipinski definition) is 1. The van der Waals surface area contributed by atoms with Crippen molar-refractivity contribution in [3.05, 3.63) is 0 Å². The molecule has 2 saturated heterocycles. The number of carbonyl (C=O) groups excluding carboxylic acids is 1. The standard InChI is InChI=1S/C24H41N3O/c1-4-6-19-7-5-8-20-11-12-27(18(3)23(20)13-19)24(28)21(15-25)14-22-10-9-17(2)16-26-22/h17-23,26H,4-14,16H2,1-3H3. The quantitative estimate of drug-likeness (QED) is 0.741. The predicted octanol–water partition coefficient (Wildman–Crippen LogP) is 4.75. The number of likely N-dealkylation sites (tertiary alicyclic amines) is 1. The number of nitriles is 1. The lowest BCUT2D eigenvalue weighted by Gasteiger charge is -2.45. The maximum atomic E-state index is 13.3. The first-order valence-corrected chi connectivity index (χ1v) is 12.0. The molecule has 0 aromatic rings. The first-order valence-electron chi connectivity index (χ1n) is 12.0. The van der Waals surface area contributed by atoms with Crippen LogP contribution >= 0.6 is 0 Å². The lowest BCUT2D eigenvalue weighted by atomic mass is 9.75. The molecule has 0 bridgehead atoms. The van der Waals surface area contributed by atoms with Gasteiger partial charge in [-0.2, -0.15) is 5.26 Å². The van der Waals surface area contributed by atoms with Gasteiger partial charge in [-0.15, -0.1) is 0 Å². The Bertz CT molecular complexity index is 549. The first kappa shape index (κ1) is 21.6. The average Bonchev–Trinajstić information content (AvgIpc) is 2.90. The zero-order chi connectivity index (χ0) is 20.1. The first-order chi connectivity index (χ1) is 13.5. The number of amides is 1. The maximum Gasteiger partial charge on any atom is 0.240 e. The van der Waals surface area contributed by atoms with Gasteiger partial charge in [-0.3, -0.25) is 4.79 Å². The molecule has 7 unspecified atom stereocenters. The number of hydrogen-bond acceptors (Lipinski definition) is 3. The van der Waals surface area contributed by atoms with Crippen LogP contribution < -0.4 is 5.32 Å². The van der Waals surface area contributed by atoms with Crippen molar-refractivity contribution in [2.75, 3.05) is 13.1 Å². The summed E-state index contributed by atoms with van der Waals surface area (Å²) in [7, 11) is 0. The van der Waals surface area contributed by atoms with Crippen LogP contribution in [0.5, 0.6) is 0 Å². The Hall–Kier alpha value is -1.08. The third-order valence-electron chi connectivity index (χ3n) is 7.97. The van der Waals surface area contributed by atoms with Gasteiger partial charge in [0.2, 0.25) is 5.91 Å². The third-order valence-corrected chi connectivity index (χ3v) is 7.97. The molecular weight excluding hydrogens is 346 g/mol. The fourth-order valence-electron chi connectivity index (χ4n) is 6.20. The van der Waals surface area contributed by atoms with E-state index in [-0.39, 0.29) is 5.91 Å². The fourth-order valence-corrected chi connectivity index (χ4v) is 6.20. The largest absolute Gasteiger partial charge is 0.339 e. The lowest BCUT2D eigenvalue weighted by Crippen LogP contribution is -2.52. The molecular formula is C24H41N3O. The summed E-state index contributed by atoms with van der Waals surface area (Å²) in [5.74, 6) is 2.57. The Morgan fingerprint density at radius 1 is 1.21 bits per heavy atom. The number of carbonyl (C=O) groups is 1. The molecule has 7 atom stereocenters. The zero-order valence-corrected chi connectivity index (χ0v) is 18.3. The topological polar surface area (TPSA) is 56.1 Å². The molecule has 3 fully saturated rings. The minimum absolute atomic E-state index is 0.102. The van der Waals surface area contributed by atoms with Crippen LogP contribution in [0, 0.1) is 40.9 Å². The van der Waals surface area contributed by atoms with Crippen LogP contribution in [0.25, 0.3) is 0 Å². The van der Waals surface area contributed by atoms with Crippen molar-refractivity contribution < 1.29 is 4.79 Å². The second kappa shape index (κ2) is 10.1. The van der Waals surface area contributed by atoms with Gasteiger partial charge in [0.15, 0.2) is 0 Å². The van der Waals surface area contributed by atoms with Crippen LogP contribution in [0.4, 0.5) is 0 Å². The molecule has 0 aromatic carbocycles. The van der Waals surface area contributed by atoms with E-state index in [2.05, 4.69) is 37.1 Å². The van der Waals surface area contributed by atoms with Crippen LogP contribution in [0.3, 0.4) is 0 Å². The van der Waals surface area contributed by atoms with Gasteiger partial charge in [0.25, 0.3) is 0 Å². The summed E-state index contributed by atoms with van der Waals surface area (Å²) < 4.78 is 0. The van der Waals surface area contributed by atoms with E-state index >= 15 is 0 Å². The van der Waals surface area contributed by atoms with Crippen molar-refractivity contribution in [1.29, 1.82) is 5.26 Å². The lowest BCUT2D eigenvalue weighted by molar-refractivity contribution is -0.140. The highest BCUT2D eigenvalue weighted by molar-refractivity contribution is 5.81. The molecule has 1 aliphatic carbocycles. The molecule has 1 N–H and O–H groups in total. The van der Waals surface area contributed by atoms with Gasteiger partial charge in [-0.25, -0.2) is 0 Å². The smallest absolute Gasteiger partial charge is 0.240 e. The summed E-state index contributed by atoms with van der Waals surface area (Å²) in [6.07, 6.45) is 12.0. The van der Waals surface area contributed by atoms with Crippen LogP contribution in [-0.4, -0.2) is 36.0 Å². The molecule has 1 amide bonds. The van der Waals surface area contributed by atoms with E-state index in [1.807, 2.05) is 0 Å². The summed E-state index contributed by atoms with van der Waals surface area (Å²) in [5.41, 5.74) is 0. The van der Waals surface area contributed by atoms with Gasteiger partial charge in [-0.1, -0.05) is 46.0 Å². The van der Waals surface area contributed by atoms with Crippen molar-refractivity contribution >= 4 is 5.91 Å². The van der Waals surface area contributed by atoms with Crippen molar-refractivity contribution in [2.24, 2.45) is 29.6 Å². The molecule has 0 aromatic heterocycles. The minimum atomic E-state index is -0.484. The summed E-state index contributed by atoms with van der Waals surface area (Å²) in [5, 5.41) is 13.3. The van der Waals surface area contributed by atoms with Gasteiger partial charge in [0.05, 0.1) is 6.07 Å². The van der Waals surface area contributed by atoms with Crippen LogP contribution in [0.1, 0.15) is 85.0 Å². The molecule has 1 saturated carbocycles. The molecule has 158 valence electrons. The highest BCUT2D eigenvalue weighted by Gasteiger charge is 2.41. The third kappa shape index (κ3) is 5.09. The highest BCUT2D eigenvalue weighted by atomic mass is 16.2. The van der Waals surface area contributed by atoms with Crippen LogP contribution in [0.2, 0.25) is 0 Å². The van der Waals surface area contributed by atoms with Crippen LogP contribution in [0.15, 0.2) is 0 Å². The molecule has 4 heteroatoms. The van der Waals surface area contributed by atoms with Gasteiger partial charge >= 0.3 is 0 Å². The Morgan fingerprint density at radius 2 is 2.04 bits per heavy atom. The maximum absolute atomic E-state index is 13.3. The van der Waals surface area contributed by atoms with Crippen LogP contribution in [-0.2, 0) is 4.79 Å². The minimum Gasteiger partial charge on any atom is -0.339 e. The summed E-state index contributed by atoms with van der Waals surface area (Å²) in [6, 6.07) is 2.97. The summed E-state index contributed by atoms with van der Waals surface area (Å²) >= 11 is 0. The molecule has 0 radical (unpaired) electrons. The number of piperidine rings is 2. The molecule has 3 rings (SSSR count). The summed E-state index contributed by atoms with van der Waals surface area (Å²) in [6.45, 7) is 8.69. The second-order valence-electron chi connectivity index (χ2n) is 10.0. The molecule has 2 heterocycles. The second-order valence-corrected chi connectivity index (χ2v) is 10.0. The van der Waals surface area contributed by atoms with Crippen molar-refractivity contribution in [3.8, 4) is 6.07 Å². The van der Waals surface area contributed by atoms with E-state index in [1.165, 1.54) is 44.9 Å². The van der Waals surface area contributed by atoms with Crippen molar-refractivity contribution in [3.63, 3.8) is 0 Å². The average molecular weight is 388 g/mol.